The second-order valence-electron chi connectivity index (χ2n) is 6.12. The Hall–Kier alpha value is -1.06. The molecule has 1 unspecified atom stereocenters. The zero-order valence-electron chi connectivity index (χ0n) is 13.8. The van der Waals surface area contributed by atoms with Crippen LogP contribution in [0.15, 0.2) is 54.6 Å². The predicted octanol–water partition coefficient (Wildman–Crippen LogP) is 1.94. The van der Waals surface area contributed by atoms with Gasteiger partial charge in [-0.2, -0.15) is 0 Å². The minimum Gasteiger partial charge on any atom is -1.00 e. The lowest BCUT2D eigenvalue weighted by Gasteiger charge is -2.27. The number of hydrogen-bond donors (Lipinski definition) is 0. The number of piperidine rings is 1. The van der Waals surface area contributed by atoms with Gasteiger partial charge in [0.1, 0.15) is 6.10 Å². The Morgan fingerprint density at radius 2 is 1.50 bits per heavy atom. The standard InChI is InChI=1S/C20H24ClNO.ClH/c21-19-11-9-18(10-12-19)20(17-7-3-1-4-8-17)23-16-15-22-13-5-2-6-14-22;/h1,3-4,7-12,20H,2,5-6,13-16H2;1H/p-1. The average Bonchev–Trinajstić information content (AvgIpc) is 2.61. The van der Waals surface area contributed by atoms with Crippen molar-refractivity contribution in [1.82, 2.24) is 4.90 Å². The summed E-state index contributed by atoms with van der Waals surface area (Å²) in [4.78, 5) is 2.51. The molecule has 1 fully saturated rings. The molecule has 0 N–H and O–H groups in total. The van der Waals surface area contributed by atoms with Crippen LogP contribution in [0.2, 0.25) is 5.02 Å². The van der Waals surface area contributed by atoms with Crippen LogP contribution in [-0.4, -0.2) is 31.1 Å². The van der Waals surface area contributed by atoms with E-state index in [1.807, 2.05) is 18.2 Å². The van der Waals surface area contributed by atoms with E-state index in [0.29, 0.717) is 0 Å². The maximum absolute atomic E-state index is 6.27. The monoisotopic (exact) mass is 364 g/mol. The summed E-state index contributed by atoms with van der Waals surface area (Å²) in [5.41, 5.74) is 2.34. The lowest BCUT2D eigenvalue weighted by atomic mass is 10.0. The van der Waals surface area contributed by atoms with Crippen LogP contribution in [0.25, 0.3) is 0 Å². The zero-order valence-corrected chi connectivity index (χ0v) is 15.3. The highest BCUT2D eigenvalue weighted by Gasteiger charge is 2.16. The van der Waals surface area contributed by atoms with Crippen molar-refractivity contribution < 1.29 is 17.1 Å². The second kappa shape index (κ2) is 10.0. The van der Waals surface area contributed by atoms with E-state index < -0.39 is 0 Å². The van der Waals surface area contributed by atoms with Gasteiger partial charge >= 0.3 is 0 Å². The molecule has 1 heterocycles. The maximum atomic E-state index is 6.27. The summed E-state index contributed by atoms with van der Waals surface area (Å²) < 4.78 is 6.27. The summed E-state index contributed by atoms with van der Waals surface area (Å²) >= 11 is 6.02. The van der Waals surface area contributed by atoms with Crippen LogP contribution in [0.4, 0.5) is 0 Å². The first kappa shape index (κ1) is 19.3. The quantitative estimate of drug-likeness (QED) is 0.776. The molecule has 1 aliphatic rings. The Labute approximate surface area is 156 Å². The summed E-state index contributed by atoms with van der Waals surface area (Å²) in [6, 6.07) is 18.4. The molecule has 2 aromatic rings. The molecule has 0 aromatic heterocycles. The molecule has 0 radical (unpaired) electrons. The molecular weight excluding hydrogens is 341 g/mol. The van der Waals surface area contributed by atoms with Crippen LogP contribution in [0.3, 0.4) is 0 Å². The first-order valence-corrected chi connectivity index (χ1v) is 8.85. The van der Waals surface area contributed by atoms with E-state index in [4.69, 9.17) is 16.3 Å². The van der Waals surface area contributed by atoms with Gasteiger partial charge in [-0.1, -0.05) is 60.5 Å². The third kappa shape index (κ3) is 5.49. The summed E-state index contributed by atoms with van der Waals surface area (Å²) in [6.45, 7) is 4.18. The maximum Gasteiger partial charge on any atom is 0.108 e. The second-order valence-corrected chi connectivity index (χ2v) is 6.55. The Balaban J connectivity index is 0.00000208. The van der Waals surface area contributed by atoms with Gasteiger partial charge in [-0.3, -0.25) is 0 Å². The number of ether oxygens (including phenoxy) is 1. The van der Waals surface area contributed by atoms with Crippen molar-refractivity contribution in [3.63, 3.8) is 0 Å². The molecule has 3 rings (SSSR count). The summed E-state index contributed by atoms with van der Waals surface area (Å²) in [5.74, 6) is 0. The highest BCUT2D eigenvalue weighted by molar-refractivity contribution is 6.30. The van der Waals surface area contributed by atoms with Crippen molar-refractivity contribution >= 4 is 11.6 Å². The van der Waals surface area contributed by atoms with Crippen molar-refractivity contribution in [3.8, 4) is 0 Å². The van der Waals surface area contributed by atoms with E-state index in [0.717, 1.165) is 23.7 Å². The molecule has 130 valence electrons. The molecule has 0 spiro atoms. The van der Waals surface area contributed by atoms with Crippen molar-refractivity contribution in [1.29, 1.82) is 0 Å². The van der Waals surface area contributed by atoms with Crippen LogP contribution >= 0.6 is 11.6 Å². The van der Waals surface area contributed by atoms with Crippen molar-refractivity contribution in [3.05, 3.63) is 70.7 Å². The number of nitrogens with zero attached hydrogens (tertiary/aromatic N) is 1. The Morgan fingerprint density at radius 3 is 2.17 bits per heavy atom. The normalized spacial score (nSPS) is 16.4. The fourth-order valence-corrected chi connectivity index (χ4v) is 3.26. The molecule has 2 nitrogen and oxygen atoms in total. The van der Waals surface area contributed by atoms with Gasteiger partial charge in [-0.15, -0.1) is 0 Å². The number of halogens is 2. The summed E-state index contributed by atoms with van der Waals surface area (Å²) in [6.07, 6.45) is 3.98. The molecule has 1 aliphatic heterocycles. The fraction of sp³-hybridized carbons (Fsp3) is 0.400. The van der Waals surface area contributed by atoms with Crippen LogP contribution < -0.4 is 12.4 Å². The molecule has 0 bridgehead atoms. The van der Waals surface area contributed by atoms with Gasteiger partial charge < -0.3 is 22.0 Å². The molecular formula is C20H24Cl2NO-. The summed E-state index contributed by atoms with van der Waals surface area (Å²) in [7, 11) is 0. The molecule has 4 heteroatoms. The number of rotatable bonds is 6. The van der Waals surface area contributed by atoms with Gasteiger partial charge in [0.2, 0.25) is 0 Å². The molecule has 1 saturated heterocycles. The Kier molecular flexibility index (Phi) is 8.07. The zero-order chi connectivity index (χ0) is 15.9. The molecule has 0 aliphatic carbocycles. The fourth-order valence-electron chi connectivity index (χ4n) is 3.13. The van der Waals surface area contributed by atoms with Gasteiger partial charge in [0.05, 0.1) is 6.61 Å². The smallest absolute Gasteiger partial charge is 0.108 e. The lowest BCUT2D eigenvalue weighted by molar-refractivity contribution is -0.00000579. The lowest BCUT2D eigenvalue weighted by Crippen LogP contribution is -3.00. The van der Waals surface area contributed by atoms with Crippen molar-refractivity contribution in [2.24, 2.45) is 0 Å². The third-order valence-electron chi connectivity index (χ3n) is 4.42. The van der Waals surface area contributed by atoms with Crippen LogP contribution in [0.1, 0.15) is 36.5 Å². The SMILES string of the molecule is Clc1ccc(C(OCCN2CCCCC2)c2ccccc2)cc1.[Cl-]. The Bertz CT molecular complexity index is 582. The van der Waals surface area contributed by atoms with Crippen LogP contribution in [0.5, 0.6) is 0 Å². The first-order chi connectivity index (χ1) is 11.3. The largest absolute Gasteiger partial charge is 1.00 e. The number of likely N-dealkylation sites (tertiary alicyclic amines) is 1. The average molecular weight is 365 g/mol. The van der Waals surface area contributed by atoms with Gasteiger partial charge in [-0.05, 0) is 49.2 Å². The molecule has 0 amide bonds. The molecule has 2 aromatic carbocycles. The third-order valence-corrected chi connectivity index (χ3v) is 4.67. The van der Waals surface area contributed by atoms with E-state index >= 15 is 0 Å². The van der Waals surface area contributed by atoms with Crippen LogP contribution in [-0.2, 0) is 4.74 Å². The van der Waals surface area contributed by atoms with E-state index in [-0.39, 0.29) is 18.5 Å². The molecule has 0 saturated carbocycles. The van der Waals surface area contributed by atoms with Gasteiger partial charge in [0.25, 0.3) is 0 Å². The topological polar surface area (TPSA) is 12.5 Å². The number of benzene rings is 2. The molecule has 1 atom stereocenters. The minimum atomic E-state index is -0.0294. The summed E-state index contributed by atoms with van der Waals surface area (Å²) in [5, 5.41) is 0.758. The van der Waals surface area contributed by atoms with Gasteiger partial charge in [0, 0.05) is 11.6 Å². The van der Waals surface area contributed by atoms with E-state index in [2.05, 4.69) is 41.3 Å². The van der Waals surface area contributed by atoms with Crippen molar-refractivity contribution in [2.75, 3.05) is 26.2 Å². The van der Waals surface area contributed by atoms with Crippen molar-refractivity contribution in [2.45, 2.75) is 25.4 Å². The number of hydrogen-bond acceptors (Lipinski definition) is 2. The highest BCUT2D eigenvalue weighted by atomic mass is 35.5. The van der Waals surface area contributed by atoms with Crippen LogP contribution in [0, 0.1) is 0 Å². The highest BCUT2D eigenvalue weighted by Crippen LogP contribution is 2.27. The van der Waals surface area contributed by atoms with E-state index in [1.165, 1.54) is 37.9 Å². The minimum absolute atomic E-state index is 0. The van der Waals surface area contributed by atoms with Gasteiger partial charge in [0.15, 0.2) is 0 Å². The Morgan fingerprint density at radius 1 is 0.875 bits per heavy atom. The van der Waals surface area contributed by atoms with E-state index in [1.54, 1.807) is 0 Å². The van der Waals surface area contributed by atoms with Gasteiger partial charge in [-0.25, -0.2) is 0 Å². The first-order valence-electron chi connectivity index (χ1n) is 8.47. The van der Waals surface area contributed by atoms with E-state index in [9.17, 15) is 0 Å². The molecule has 24 heavy (non-hydrogen) atoms. The predicted molar refractivity (Wildman–Crippen MR) is 96.0 cm³/mol.